The topological polar surface area (TPSA) is 111 Å². The zero-order valence-electron chi connectivity index (χ0n) is 20.8. The molecule has 0 saturated carbocycles. The number of rotatable bonds is 9. The Balaban J connectivity index is 1.59. The maximum Gasteiger partial charge on any atom is 0.296 e. The highest BCUT2D eigenvalue weighted by Crippen LogP contribution is 2.32. The van der Waals surface area contributed by atoms with Crippen molar-refractivity contribution in [3.05, 3.63) is 36.4 Å². The Morgan fingerprint density at radius 1 is 1.11 bits per heavy atom. The predicted molar refractivity (Wildman–Crippen MR) is 133 cm³/mol. The standard InChI is InChI=1S/C23H28F2N10O2/c1-32(2)7-8-34-14-15(13-26-34)27-21-29-22(33-9-11-37-12-10-33)31-23(30-21)35-16-5-4-6-17(36-3)18(16)28-20(35)19(24)25/h4-6,13-14,19H,7-12H2,1-3H3,(H,27,29,30,31). The van der Waals surface area contributed by atoms with Crippen molar-refractivity contribution in [3.8, 4) is 11.7 Å². The molecule has 1 aliphatic rings. The number of nitrogens with zero attached hydrogens (tertiary/aromatic N) is 9. The number of hydrogen-bond acceptors (Lipinski definition) is 10. The van der Waals surface area contributed by atoms with Gasteiger partial charge in [0.25, 0.3) is 6.43 Å². The highest BCUT2D eigenvalue weighted by molar-refractivity contribution is 5.84. The normalized spacial score (nSPS) is 14.2. The fourth-order valence-corrected chi connectivity index (χ4v) is 4.01. The van der Waals surface area contributed by atoms with Crippen LogP contribution in [0.2, 0.25) is 0 Å². The molecule has 3 aromatic heterocycles. The Labute approximate surface area is 211 Å². The van der Waals surface area contributed by atoms with Gasteiger partial charge in [0.05, 0.1) is 44.3 Å². The van der Waals surface area contributed by atoms with E-state index in [1.807, 2.05) is 25.2 Å². The van der Waals surface area contributed by atoms with Crippen LogP contribution in [-0.4, -0.2) is 93.2 Å². The van der Waals surface area contributed by atoms with Gasteiger partial charge < -0.3 is 24.6 Å². The van der Waals surface area contributed by atoms with Crippen molar-refractivity contribution in [1.82, 2.24) is 39.2 Å². The number of likely N-dealkylation sites (N-methyl/N-ethyl adjacent to an activating group) is 1. The summed E-state index contributed by atoms with van der Waals surface area (Å²) in [5.41, 5.74) is 1.36. The first-order valence-electron chi connectivity index (χ1n) is 11.8. The summed E-state index contributed by atoms with van der Waals surface area (Å²) in [5, 5.41) is 7.52. The molecule has 5 rings (SSSR count). The van der Waals surface area contributed by atoms with E-state index in [1.165, 1.54) is 11.7 Å². The molecule has 1 saturated heterocycles. The number of anilines is 3. The lowest BCUT2D eigenvalue weighted by atomic mass is 10.3. The molecule has 1 aromatic carbocycles. The highest BCUT2D eigenvalue weighted by atomic mass is 19.3. The number of morpholine rings is 1. The minimum Gasteiger partial charge on any atom is -0.494 e. The van der Waals surface area contributed by atoms with Crippen molar-refractivity contribution in [1.29, 1.82) is 0 Å². The fourth-order valence-electron chi connectivity index (χ4n) is 4.01. The van der Waals surface area contributed by atoms with Gasteiger partial charge in [-0.2, -0.15) is 20.1 Å². The molecule has 0 unspecified atom stereocenters. The van der Waals surface area contributed by atoms with Gasteiger partial charge in [-0.3, -0.25) is 9.25 Å². The van der Waals surface area contributed by atoms with Gasteiger partial charge in [-0.1, -0.05) is 6.07 Å². The van der Waals surface area contributed by atoms with Crippen LogP contribution in [0.1, 0.15) is 12.2 Å². The van der Waals surface area contributed by atoms with Gasteiger partial charge in [0.2, 0.25) is 17.8 Å². The van der Waals surface area contributed by atoms with Crippen LogP contribution in [0.5, 0.6) is 5.75 Å². The molecule has 0 spiro atoms. The summed E-state index contributed by atoms with van der Waals surface area (Å²) >= 11 is 0. The lowest BCUT2D eigenvalue weighted by molar-refractivity contribution is 0.122. The van der Waals surface area contributed by atoms with Crippen molar-refractivity contribution >= 4 is 28.6 Å². The monoisotopic (exact) mass is 514 g/mol. The van der Waals surface area contributed by atoms with Crippen molar-refractivity contribution in [3.63, 3.8) is 0 Å². The van der Waals surface area contributed by atoms with Crippen LogP contribution in [0.15, 0.2) is 30.6 Å². The number of fused-ring (bicyclic) bond motifs is 1. The Bertz CT molecular complexity index is 1370. The van der Waals surface area contributed by atoms with Crippen LogP contribution in [0.4, 0.5) is 26.4 Å². The first kappa shape index (κ1) is 24.8. The summed E-state index contributed by atoms with van der Waals surface area (Å²) in [6.45, 7) is 3.67. The van der Waals surface area contributed by atoms with E-state index >= 15 is 0 Å². The molecule has 12 nitrogen and oxygen atoms in total. The molecule has 4 aromatic rings. The molecular formula is C23H28F2N10O2. The van der Waals surface area contributed by atoms with Crippen LogP contribution in [0.3, 0.4) is 0 Å². The second kappa shape index (κ2) is 10.6. The Kier molecular flexibility index (Phi) is 7.10. The second-order valence-corrected chi connectivity index (χ2v) is 8.71. The fraction of sp³-hybridized carbons (Fsp3) is 0.435. The number of halogens is 2. The van der Waals surface area contributed by atoms with Crippen LogP contribution in [-0.2, 0) is 11.3 Å². The van der Waals surface area contributed by atoms with Gasteiger partial charge in [-0.15, -0.1) is 0 Å². The van der Waals surface area contributed by atoms with Gasteiger partial charge in [0.1, 0.15) is 11.3 Å². The zero-order chi connectivity index (χ0) is 25.9. The molecular weight excluding hydrogens is 486 g/mol. The van der Waals surface area contributed by atoms with Gasteiger partial charge in [-0.05, 0) is 26.2 Å². The van der Waals surface area contributed by atoms with E-state index in [0.29, 0.717) is 61.3 Å². The summed E-state index contributed by atoms with van der Waals surface area (Å²) in [6, 6.07) is 5.05. The Morgan fingerprint density at radius 2 is 1.89 bits per heavy atom. The van der Waals surface area contributed by atoms with Crippen molar-refractivity contribution < 1.29 is 18.3 Å². The van der Waals surface area contributed by atoms with Crippen LogP contribution >= 0.6 is 0 Å². The maximum atomic E-state index is 14.2. The molecule has 196 valence electrons. The van der Waals surface area contributed by atoms with E-state index < -0.39 is 12.2 Å². The van der Waals surface area contributed by atoms with Gasteiger partial charge in [-0.25, -0.2) is 13.8 Å². The van der Waals surface area contributed by atoms with Gasteiger partial charge >= 0.3 is 0 Å². The van der Waals surface area contributed by atoms with E-state index in [1.54, 1.807) is 29.1 Å². The van der Waals surface area contributed by atoms with Crippen LogP contribution in [0.25, 0.3) is 17.0 Å². The molecule has 0 aliphatic carbocycles. The van der Waals surface area contributed by atoms with Crippen molar-refractivity contribution in [2.45, 2.75) is 13.0 Å². The number of hydrogen-bond donors (Lipinski definition) is 1. The molecule has 14 heteroatoms. The number of para-hydroxylation sites is 1. The highest BCUT2D eigenvalue weighted by Gasteiger charge is 2.26. The average molecular weight is 515 g/mol. The van der Waals surface area contributed by atoms with Crippen LogP contribution in [0, 0.1) is 0 Å². The smallest absolute Gasteiger partial charge is 0.296 e. The minimum atomic E-state index is -2.87. The first-order valence-corrected chi connectivity index (χ1v) is 11.8. The zero-order valence-corrected chi connectivity index (χ0v) is 20.8. The molecule has 1 N–H and O–H groups in total. The number of ether oxygens (including phenoxy) is 2. The molecule has 0 amide bonds. The van der Waals surface area contributed by atoms with Crippen molar-refractivity contribution in [2.24, 2.45) is 0 Å². The molecule has 4 heterocycles. The van der Waals surface area contributed by atoms with E-state index in [9.17, 15) is 8.78 Å². The minimum absolute atomic E-state index is 0.0186. The largest absolute Gasteiger partial charge is 0.494 e. The summed E-state index contributed by atoms with van der Waals surface area (Å²) in [7, 11) is 5.45. The first-order chi connectivity index (χ1) is 17.9. The third-order valence-corrected chi connectivity index (χ3v) is 5.86. The Hall–Kier alpha value is -3.91. The SMILES string of the molecule is COc1cccc2c1nc(C(F)F)n2-c1nc(Nc2cnn(CCN(C)C)c2)nc(N2CCOCC2)n1. The number of benzene rings is 1. The third kappa shape index (κ3) is 5.29. The summed E-state index contributed by atoms with van der Waals surface area (Å²) in [6.07, 6.45) is 0.631. The van der Waals surface area contributed by atoms with Crippen LogP contribution < -0.4 is 15.0 Å². The maximum absolute atomic E-state index is 14.2. The molecule has 0 atom stereocenters. The summed E-state index contributed by atoms with van der Waals surface area (Å²) < 4.78 is 42.2. The van der Waals surface area contributed by atoms with E-state index in [-0.39, 0.29) is 11.9 Å². The lowest BCUT2D eigenvalue weighted by Crippen LogP contribution is -2.37. The molecule has 0 radical (unpaired) electrons. The second-order valence-electron chi connectivity index (χ2n) is 8.71. The number of alkyl halides is 2. The third-order valence-electron chi connectivity index (χ3n) is 5.86. The molecule has 0 bridgehead atoms. The predicted octanol–water partition coefficient (Wildman–Crippen LogP) is 2.50. The number of imidazole rings is 1. The number of nitrogens with one attached hydrogen (secondary N) is 1. The number of methoxy groups -OCH3 is 1. The number of aromatic nitrogens is 7. The molecule has 1 aliphatic heterocycles. The van der Waals surface area contributed by atoms with E-state index in [0.717, 1.165) is 6.54 Å². The van der Waals surface area contributed by atoms with E-state index in [4.69, 9.17) is 9.47 Å². The summed E-state index contributed by atoms with van der Waals surface area (Å²) in [5.74, 6) is 0.458. The summed E-state index contributed by atoms with van der Waals surface area (Å²) in [4.78, 5) is 21.8. The quantitative estimate of drug-likeness (QED) is 0.358. The molecule has 1 fully saturated rings. The molecule has 37 heavy (non-hydrogen) atoms. The van der Waals surface area contributed by atoms with Gasteiger partial charge in [0.15, 0.2) is 5.82 Å². The Morgan fingerprint density at radius 3 is 2.62 bits per heavy atom. The van der Waals surface area contributed by atoms with E-state index in [2.05, 4.69) is 35.3 Å². The van der Waals surface area contributed by atoms with Crippen molar-refractivity contribution in [2.75, 3.05) is 64.3 Å². The van der Waals surface area contributed by atoms with Gasteiger partial charge in [0, 0.05) is 25.8 Å². The lowest BCUT2D eigenvalue weighted by Gasteiger charge is -2.27. The average Bonchev–Trinajstić information content (AvgIpc) is 3.52.